The molecule has 3 aromatic heterocycles. The summed E-state index contributed by atoms with van der Waals surface area (Å²) in [6, 6.07) is 53.5. The van der Waals surface area contributed by atoms with Crippen molar-refractivity contribution in [2.45, 2.75) is 0 Å². The highest BCUT2D eigenvalue weighted by molar-refractivity contribution is 6.23. The van der Waals surface area contributed by atoms with Crippen molar-refractivity contribution in [1.29, 1.82) is 0 Å². The molecule has 0 amide bonds. The molecule has 0 spiro atoms. The Kier molecular flexibility index (Phi) is 5.20. The zero-order valence-corrected chi connectivity index (χ0v) is 23.3. The first kappa shape index (κ1) is 23.9. The van der Waals surface area contributed by atoms with Crippen molar-refractivity contribution in [2.24, 2.45) is 0 Å². The normalized spacial score (nSPS) is 11.7. The molecule has 0 aliphatic rings. The van der Waals surface area contributed by atoms with E-state index in [1.807, 2.05) is 12.1 Å². The van der Waals surface area contributed by atoms with Crippen LogP contribution in [0.1, 0.15) is 0 Å². The van der Waals surface area contributed by atoms with E-state index in [-0.39, 0.29) is 0 Å². The second-order valence-corrected chi connectivity index (χ2v) is 11.1. The van der Waals surface area contributed by atoms with Crippen molar-refractivity contribution >= 4 is 38.1 Å². The SMILES string of the molecule is c1ccc(-c2cccc(-c3cc(-c4ccccc4)nc(-c4ccc5c6cccc7c8ccccc8n(c5c4)c76)n3)c2)cc1. The summed E-state index contributed by atoms with van der Waals surface area (Å²) in [6.07, 6.45) is 0. The minimum absolute atomic E-state index is 0.716. The standard InChI is InChI=1S/C40H25N3/c1-3-11-26(12-4-1)28-15-9-16-29(23-28)36-25-35(27-13-5-2-6-14-27)41-40(42-36)30-21-22-32-34-19-10-18-33-31-17-7-8-20-37(31)43(39(33)34)38(32)24-30/h1-25H. The van der Waals surface area contributed by atoms with Gasteiger partial charge in [-0.05, 0) is 35.4 Å². The van der Waals surface area contributed by atoms with Gasteiger partial charge in [-0.2, -0.15) is 0 Å². The van der Waals surface area contributed by atoms with E-state index in [2.05, 4.69) is 144 Å². The fraction of sp³-hybridized carbons (Fsp3) is 0. The average molecular weight is 548 g/mol. The molecular weight excluding hydrogens is 522 g/mol. The lowest BCUT2D eigenvalue weighted by Gasteiger charge is -2.11. The number of hydrogen-bond acceptors (Lipinski definition) is 2. The molecule has 0 bridgehead atoms. The van der Waals surface area contributed by atoms with Crippen LogP contribution in [-0.2, 0) is 0 Å². The number of fused-ring (bicyclic) bond motifs is 6. The van der Waals surface area contributed by atoms with Crippen LogP contribution in [0, 0.1) is 0 Å². The summed E-state index contributed by atoms with van der Waals surface area (Å²) in [6.45, 7) is 0. The van der Waals surface area contributed by atoms with Crippen molar-refractivity contribution in [1.82, 2.24) is 14.4 Å². The molecule has 0 unspecified atom stereocenters. The van der Waals surface area contributed by atoms with E-state index >= 15 is 0 Å². The number of benzene rings is 6. The van der Waals surface area contributed by atoms with E-state index in [1.54, 1.807) is 0 Å². The predicted octanol–water partition coefficient (Wildman–Crippen LogP) is 10.3. The fourth-order valence-corrected chi connectivity index (χ4v) is 6.54. The molecule has 0 atom stereocenters. The van der Waals surface area contributed by atoms with Gasteiger partial charge in [0.25, 0.3) is 0 Å². The van der Waals surface area contributed by atoms with Gasteiger partial charge in [0.15, 0.2) is 5.82 Å². The van der Waals surface area contributed by atoms with Crippen LogP contribution in [0.15, 0.2) is 152 Å². The number of para-hydroxylation sites is 2. The Bertz CT molecular complexity index is 2440. The summed E-state index contributed by atoms with van der Waals surface area (Å²) in [5.41, 5.74) is 11.0. The van der Waals surface area contributed by atoms with E-state index in [1.165, 1.54) is 49.2 Å². The van der Waals surface area contributed by atoms with Crippen molar-refractivity contribution in [3.05, 3.63) is 152 Å². The van der Waals surface area contributed by atoms with Crippen LogP contribution in [-0.4, -0.2) is 14.4 Å². The van der Waals surface area contributed by atoms with Crippen LogP contribution in [0.3, 0.4) is 0 Å². The maximum Gasteiger partial charge on any atom is 0.160 e. The van der Waals surface area contributed by atoms with Crippen LogP contribution in [0.4, 0.5) is 0 Å². The van der Waals surface area contributed by atoms with Crippen molar-refractivity contribution in [3.63, 3.8) is 0 Å². The third-order valence-corrected chi connectivity index (χ3v) is 8.54. The van der Waals surface area contributed by atoms with E-state index < -0.39 is 0 Å². The van der Waals surface area contributed by atoms with E-state index in [0.29, 0.717) is 5.82 Å². The molecule has 0 saturated carbocycles. The minimum atomic E-state index is 0.716. The van der Waals surface area contributed by atoms with Gasteiger partial charge in [0.2, 0.25) is 0 Å². The molecule has 0 fully saturated rings. The summed E-state index contributed by atoms with van der Waals surface area (Å²) in [4.78, 5) is 10.3. The van der Waals surface area contributed by atoms with Gasteiger partial charge in [-0.25, -0.2) is 9.97 Å². The highest BCUT2D eigenvalue weighted by Crippen LogP contribution is 2.40. The van der Waals surface area contributed by atoms with Crippen LogP contribution >= 0.6 is 0 Å². The lowest BCUT2D eigenvalue weighted by atomic mass is 10.0. The van der Waals surface area contributed by atoms with Gasteiger partial charge in [-0.3, -0.25) is 0 Å². The number of nitrogens with zero attached hydrogens (tertiary/aromatic N) is 3. The number of rotatable bonds is 4. The zero-order chi connectivity index (χ0) is 28.3. The first-order valence-corrected chi connectivity index (χ1v) is 14.6. The highest BCUT2D eigenvalue weighted by Gasteiger charge is 2.18. The third kappa shape index (κ3) is 3.75. The fourth-order valence-electron chi connectivity index (χ4n) is 6.54. The Hall–Kier alpha value is -5.80. The molecule has 0 aliphatic heterocycles. The Labute approximate surface area is 248 Å². The summed E-state index contributed by atoms with van der Waals surface area (Å²) in [5.74, 6) is 0.716. The second kappa shape index (κ2) is 9.37. The monoisotopic (exact) mass is 547 g/mol. The maximum atomic E-state index is 5.19. The molecule has 0 aliphatic carbocycles. The molecule has 6 aromatic carbocycles. The first-order chi connectivity index (χ1) is 21.3. The smallest absolute Gasteiger partial charge is 0.160 e. The van der Waals surface area contributed by atoms with Crippen molar-refractivity contribution in [2.75, 3.05) is 0 Å². The van der Waals surface area contributed by atoms with Gasteiger partial charge >= 0.3 is 0 Å². The van der Waals surface area contributed by atoms with Gasteiger partial charge in [-0.15, -0.1) is 0 Å². The molecule has 200 valence electrons. The molecule has 9 aromatic rings. The molecule has 43 heavy (non-hydrogen) atoms. The average Bonchev–Trinajstić information content (AvgIpc) is 3.61. The molecule has 0 saturated heterocycles. The van der Waals surface area contributed by atoms with Crippen molar-refractivity contribution in [3.8, 4) is 45.0 Å². The summed E-state index contributed by atoms with van der Waals surface area (Å²) in [5, 5.41) is 5.07. The Balaban J connectivity index is 1.28. The topological polar surface area (TPSA) is 30.2 Å². The molecule has 3 heterocycles. The van der Waals surface area contributed by atoms with Gasteiger partial charge < -0.3 is 4.40 Å². The zero-order valence-electron chi connectivity index (χ0n) is 23.3. The summed E-state index contributed by atoms with van der Waals surface area (Å²) in [7, 11) is 0. The van der Waals surface area contributed by atoms with Crippen LogP contribution < -0.4 is 0 Å². The highest BCUT2D eigenvalue weighted by atomic mass is 14.9. The predicted molar refractivity (Wildman–Crippen MR) is 178 cm³/mol. The Morgan fingerprint density at radius 3 is 1.72 bits per heavy atom. The third-order valence-electron chi connectivity index (χ3n) is 8.54. The lowest BCUT2D eigenvalue weighted by Crippen LogP contribution is -1.96. The molecular formula is C40H25N3. The van der Waals surface area contributed by atoms with Gasteiger partial charge in [0, 0.05) is 38.2 Å². The number of aromatic nitrogens is 3. The minimum Gasteiger partial charge on any atom is -0.308 e. The maximum absolute atomic E-state index is 5.19. The second-order valence-electron chi connectivity index (χ2n) is 11.1. The Morgan fingerprint density at radius 1 is 0.349 bits per heavy atom. The summed E-state index contributed by atoms with van der Waals surface area (Å²) >= 11 is 0. The lowest BCUT2D eigenvalue weighted by molar-refractivity contribution is 1.18. The quantitative estimate of drug-likeness (QED) is 0.219. The van der Waals surface area contributed by atoms with Gasteiger partial charge in [0.1, 0.15) is 0 Å². The van der Waals surface area contributed by atoms with Crippen LogP contribution in [0.2, 0.25) is 0 Å². The molecule has 9 rings (SSSR count). The van der Waals surface area contributed by atoms with Crippen LogP contribution in [0.25, 0.3) is 83.1 Å². The summed E-state index contributed by atoms with van der Waals surface area (Å²) < 4.78 is 2.41. The molecule has 3 heteroatoms. The largest absolute Gasteiger partial charge is 0.308 e. The van der Waals surface area contributed by atoms with Gasteiger partial charge in [0.05, 0.1) is 27.9 Å². The molecule has 3 nitrogen and oxygen atoms in total. The molecule has 0 radical (unpaired) electrons. The van der Waals surface area contributed by atoms with Gasteiger partial charge in [-0.1, -0.05) is 127 Å². The Morgan fingerprint density at radius 2 is 0.930 bits per heavy atom. The van der Waals surface area contributed by atoms with E-state index in [0.717, 1.165) is 28.1 Å². The van der Waals surface area contributed by atoms with E-state index in [4.69, 9.17) is 9.97 Å². The van der Waals surface area contributed by atoms with E-state index in [9.17, 15) is 0 Å². The van der Waals surface area contributed by atoms with Crippen molar-refractivity contribution < 1.29 is 0 Å². The van der Waals surface area contributed by atoms with Crippen LogP contribution in [0.5, 0.6) is 0 Å². The number of hydrogen-bond donors (Lipinski definition) is 0. The molecule has 0 N–H and O–H groups in total. The first-order valence-electron chi connectivity index (χ1n) is 14.6.